The lowest BCUT2D eigenvalue weighted by Crippen LogP contribution is -2.40. The van der Waals surface area contributed by atoms with Crippen molar-refractivity contribution in [3.8, 4) is 11.5 Å². The highest BCUT2D eigenvalue weighted by Gasteiger charge is 2.16. The van der Waals surface area contributed by atoms with E-state index in [9.17, 15) is 9.59 Å². The fourth-order valence-corrected chi connectivity index (χ4v) is 1.91. The Balaban J connectivity index is 1.88. The van der Waals surface area contributed by atoms with Crippen LogP contribution in [0.15, 0.2) is 54.6 Å². The Kier molecular flexibility index (Phi) is 5.87. The molecule has 2 aromatic carbocycles. The molecular weight excluding hydrogens is 316 g/mol. The number of carbonyl (C=O) groups excluding carboxylic acids is 2. The Hall–Kier alpha value is -2.67. The summed E-state index contributed by atoms with van der Waals surface area (Å²) in [6.45, 7) is -0.268. The van der Waals surface area contributed by atoms with Gasteiger partial charge < -0.3 is 9.47 Å². The summed E-state index contributed by atoms with van der Waals surface area (Å²) in [6.07, 6.45) is 0. The second-order valence-electron chi connectivity index (χ2n) is 4.47. The van der Waals surface area contributed by atoms with Gasteiger partial charge >= 0.3 is 6.03 Å². The van der Waals surface area contributed by atoms with Gasteiger partial charge in [0.1, 0.15) is 11.5 Å². The van der Waals surface area contributed by atoms with Crippen LogP contribution < -0.4 is 19.1 Å². The number of carbonyl (C=O) groups is 2. The van der Waals surface area contributed by atoms with Gasteiger partial charge in [-0.1, -0.05) is 37.1 Å². The first-order valence-electron chi connectivity index (χ1n) is 6.75. The lowest BCUT2D eigenvalue weighted by molar-refractivity contribution is -0.121. The van der Waals surface area contributed by atoms with Crippen molar-refractivity contribution in [1.29, 1.82) is 0 Å². The number of thiol groups is 1. The highest BCUT2D eigenvalue weighted by molar-refractivity contribution is 7.82. The number of rotatable bonds is 5. The molecule has 0 fully saturated rings. The maximum atomic E-state index is 12.0. The molecule has 0 aliphatic carbocycles. The summed E-state index contributed by atoms with van der Waals surface area (Å²) in [6, 6.07) is 14.9. The average Bonchev–Trinajstić information content (AvgIpc) is 2.60. The Morgan fingerprint density at radius 3 is 2.48 bits per heavy atom. The molecule has 0 aromatic heterocycles. The van der Waals surface area contributed by atoms with Crippen LogP contribution in [0.25, 0.3) is 0 Å². The largest absolute Gasteiger partial charge is 0.497 e. The summed E-state index contributed by atoms with van der Waals surface area (Å²) in [5.74, 6) is 0.555. The van der Waals surface area contributed by atoms with Crippen molar-refractivity contribution >= 4 is 30.4 Å². The van der Waals surface area contributed by atoms with Gasteiger partial charge in [0.15, 0.2) is 6.61 Å². The molecule has 0 saturated carbocycles. The van der Waals surface area contributed by atoms with Crippen molar-refractivity contribution in [1.82, 2.24) is 5.32 Å². The van der Waals surface area contributed by atoms with Crippen LogP contribution in [0.5, 0.6) is 11.5 Å². The summed E-state index contributed by atoms with van der Waals surface area (Å²) in [7, 11) is 1.52. The molecule has 0 saturated heterocycles. The van der Waals surface area contributed by atoms with Crippen LogP contribution in [-0.2, 0) is 4.79 Å². The Morgan fingerprint density at radius 1 is 1.09 bits per heavy atom. The first-order chi connectivity index (χ1) is 11.1. The van der Waals surface area contributed by atoms with E-state index >= 15 is 0 Å². The number of hydrogen-bond donors (Lipinski definition) is 2. The third-order valence-electron chi connectivity index (χ3n) is 2.85. The van der Waals surface area contributed by atoms with Crippen molar-refractivity contribution in [3.05, 3.63) is 54.6 Å². The summed E-state index contributed by atoms with van der Waals surface area (Å²) in [5, 5.41) is 2.19. The van der Waals surface area contributed by atoms with E-state index in [0.29, 0.717) is 17.2 Å². The number of anilines is 1. The summed E-state index contributed by atoms with van der Waals surface area (Å²) in [4.78, 5) is 23.7. The molecule has 0 spiro atoms. The van der Waals surface area contributed by atoms with Gasteiger partial charge in [-0.05, 0) is 24.3 Å². The monoisotopic (exact) mass is 332 g/mol. The van der Waals surface area contributed by atoms with Crippen LogP contribution in [0.1, 0.15) is 0 Å². The number of ether oxygens (including phenoxy) is 2. The smallest absolute Gasteiger partial charge is 0.338 e. The molecular formula is C16H16N2O4S. The molecule has 0 bridgehead atoms. The van der Waals surface area contributed by atoms with Crippen molar-refractivity contribution in [3.63, 3.8) is 0 Å². The number of methoxy groups -OCH3 is 1. The molecule has 3 amide bonds. The van der Waals surface area contributed by atoms with E-state index in [-0.39, 0.29) is 6.61 Å². The molecule has 0 aliphatic heterocycles. The standard InChI is InChI=1S/C16H16N2O4S/c1-21-14-9-5-6-12(10-14)18(23)16(20)17-15(19)11-22-13-7-3-2-4-8-13/h2-10,23H,11H2,1H3,(H,17,19,20). The van der Waals surface area contributed by atoms with Crippen molar-refractivity contribution < 1.29 is 19.1 Å². The third kappa shape index (κ3) is 4.93. The van der Waals surface area contributed by atoms with E-state index in [1.54, 1.807) is 48.5 Å². The summed E-state index contributed by atoms with van der Waals surface area (Å²) in [5.41, 5.74) is 0.474. The minimum absolute atomic E-state index is 0.268. The van der Waals surface area contributed by atoms with Crippen LogP contribution in [0.2, 0.25) is 0 Å². The number of benzene rings is 2. The van der Waals surface area contributed by atoms with Crippen LogP contribution in [0.3, 0.4) is 0 Å². The maximum absolute atomic E-state index is 12.0. The Bertz CT molecular complexity index is 679. The molecule has 0 radical (unpaired) electrons. The zero-order valence-corrected chi connectivity index (χ0v) is 13.3. The third-order valence-corrected chi connectivity index (χ3v) is 3.26. The number of urea groups is 1. The normalized spacial score (nSPS) is 9.83. The molecule has 6 nitrogen and oxygen atoms in total. The molecule has 2 rings (SSSR count). The van der Waals surface area contributed by atoms with Gasteiger partial charge in [-0.15, -0.1) is 0 Å². The minimum atomic E-state index is -0.678. The van der Waals surface area contributed by atoms with Crippen LogP contribution in [-0.4, -0.2) is 25.7 Å². The fraction of sp³-hybridized carbons (Fsp3) is 0.125. The van der Waals surface area contributed by atoms with Gasteiger partial charge in [-0.2, -0.15) is 0 Å². The molecule has 0 atom stereocenters. The number of imide groups is 1. The van der Waals surface area contributed by atoms with Gasteiger partial charge in [-0.3, -0.25) is 10.1 Å². The van der Waals surface area contributed by atoms with Crippen LogP contribution in [0.4, 0.5) is 10.5 Å². The lowest BCUT2D eigenvalue weighted by Gasteiger charge is -2.16. The van der Waals surface area contributed by atoms with E-state index in [0.717, 1.165) is 4.31 Å². The number of para-hydroxylation sites is 1. The average molecular weight is 332 g/mol. The van der Waals surface area contributed by atoms with Gasteiger partial charge in [0.2, 0.25) is 0 Å². The fourth-order valence-electron chi connectivity index (χ4n) is 1.73. The summed E-state index contributed by atoms with van der Waals surface area (Å²) < 4.78 is 11.4. The van der Waals surface area contributed by atoms with Gasteiger partial charge in [0, 0.05) is 6.07 Å². The second kappa shape index (κ2) is 8.09. The highest BCUT2D eigenvalue weighted by atomic mass is 32.1. The molecule has 2 aromatic rings. The Labute approximate surface area is 139 Å². The van der Waals surface area contributed by atoms with E-state index in [1.807, 2.05) is 6.07 Å². The quantitative estimate of drug-likeness (QED) is 0.826. The SMILES string of the molecule is COc1cccc(N(S)C(=O)NC(=O)COc2ccccc2)c1. The minimum Gasteiger partial charge on any atom is -0.497 e. The van der Waals surface area contributed by atoms with E-state index in [2.05, 4.69) is 18.1 Å². The van der Waals surface area contributed by atoms with E-state index in [1.165, 1.54) is 7.11 Å². The van der Waals surface area contributed by atoms with Crippen LogP contribution >= 0.6 is 12.8 Å². The topological polar surface area (TPSA) is 67.9 Å². The molecule has 0 heterocycles. The predicted molar refractivity (Wildman–Crippen MR) is 89.9 cm³/mol. The number of nitrogens with zero attached hydrogens (tertiary/aromatic N) is 1. The Morgan fingerprint density at radius 2 is 1.78 bits per heavy atom. The van der Waals surface area contributed by atoms with E-state index < -0.39 is 11.9 Å². The van der Waals surface area contributed by atoms with E-state index in [4.69, 9.17) is 9.47 Å². The highest BCUT2D eigenvalue weighted by Crippen LogP contribution is 2.22. The second-order valence-corrected chi connectivity index (χ2v) is 4.87. The van der Waals surface area contributed by atoms with Crippen molar-refractivity contribution in [2.75, 3.05) is 18.0 Å². The molecule has 23 heavy (non-hydrogen) atoms. The summed E-state index contributed by atoms with van der Waals surface area (Å²) >= 11 is 4.09. The zero-order chi connectivity index (χ0) is 16.7. The predicted octanol–water partition coefficient (Wildman–Crippen LogP) is 2.66. The van der Waals surface area contributed by atoms with Crippen LogP contribution in [0, 0.1) is 0 Å². The first-order valence-corrected chi connectivity index (χ1v) is 7.15. The lowest BCUT2D eigenvalue weighted by atomic mass is 10.3. The van der Waals surface area contributed by atoms with Gasteiger partial charge in [0.05, 0.1) is 12.8 Å². The number of amides is 3. The molecule has 7 heteroatoms. The zero-order valence-electron chi connectivity index (χ0n) is 12.4. The molecule has 0 aliphatic rings. The first kappa shape index (κ1) is 16.7. The van der Waals surface area contributed by atoms with Gasteiger partial charge in [-0.25, -0.2) is 9.10 Å². The van der Waals surface area contributed by atoms with Crippen molar-refractivity contribution in [2.45, 2.75) is 0 Å². The molecule has 1 N–H and O–H groups in total. The van der Waals surface area contributed by atoms with Gasteiger partial charge in [0.25, 0.3) is 5.91 Å². The van der Waals surface area contributed by atoms with Crippen molar-refractivity contribution in [2.24, 2.45) is 0 Å². The maximum Gasteiger partial charge on any atom is 0.338 e. The number of hydrogen-bond acceptors (Lipinski definition) is 5. The molecule has 0 unspecified atom stereocenters. The molecule has 120 valence electrons. The number of nitrogens with one attached hydrogen (secondary N) is 1.